The Morgan fingerprint density at radius 3 is 2.52 bits per heavy atom. The van der Waals surface area contributed by atoms with Crippen LogP contribution in [0.15, 0.2) is 52.0 Å². The largest absolute Gasteiger partial charge is 0.358 e. The van der Waals surface area contributed by atoms with E-state index < -0.39 is 14.9 Å². The van der Waals surface area contributed by atoms with Crippen molar-refractivity contribution in [1.29, 1.82) is 5.26 Å². The molecule has 0 saturated carbocycles. The van der Waals surface area contributed by atoms with Crippen LogP contribution in [0.2, 0.25) is 0 Å². The van der Waals surface area contributed by atoms with Crippen molar-refractivity contribution < 1.29 is 13.3 Å². The van der Waals surface area contributed by atoms with Gasteiger partial charge in [0, 0.05) is 28.2 Å². The van der Waals surface area contributed by atoms with Crippen LogP contribution in [0.4, 0.5) is 11.4 Å². The highest BCUT2D eigenvalue weighted by Crippen LogP contribution is 2.31. The average molecular weight is 421 g/mol. The fourth-order valence-corrected chi connectivity index (χ4v) is 3.84. The topological polar surface area (TPSA) is 129 Å². The molecule has 0 bridgehead atoms. The molecule has 0 aliphatic carbocycles. The van der Waals surface area contributed by atoms with Gasteiger partial charge in [-0.3, -0.25) is 14.8 Å². The molecule has 1 heterocycles. The molecule has 0 spiro atoms. The first kappa shape index (κ1) is 16.9. The molecule has 3 rings (SSSR count). The lowest BCUT2D eigenvalue weighted by Crippen LogP contribution is -2.13. The molecule has 10 heteroatoms. The van der Waals surface area contributed by atoms with Gasteiger partial charge in [-0.2, -0.15) is 5.26 Å². The van der Waals surface area contributed by atoms with Gasteiger partial charge in [0.2, 0.25) is 0 Å². The molecule has 25 heavy (non-hydrogen) atoms. The van der Waals surface area contributed by atoms with Crippen molar-refractivity contribution in [3.8, 4) is 6.07 Å². The van der Waals surface area contributed by atoms with E-state index in [-0.39, 0.29) is 16.3 Å². The predicted octanol–water partition coefficient (Wildman–Crippen LogP) is 3.51. The number of benzene rings is 2. The van der Waals surface area contributed by atoms with E-state index in [9.17, 15) is 18.5 Å². The summed E-state index contributed by atoms with van der Waals surface area (Å²) in [6.07, 6.45) is 1.49. The number of nitrogens with one attached hydrogen (secondary N) is 2. The highest BCUT2D eigenvalue weighted by atomic mass is 79.9. The van der Waals surface area contributed by atoms with Crippen LogP contribution in [-0.2, 0) is 10.0 Å². The molecular formula is C15H9BrN4O4S. The smallest absolute Gasteiger partial charge is 0.269 e. The van der Waals surface area contributed by atoms with Gasteiger partial charge in [0.15, 0.2) is 0 Å². The third-order valence-electron chi connectivity index (χ3n) is 3.48. The van der Waals surface area contributed by atoms with Crippen LogP contribution in [0.3, 0.4) is 0 Å². The molecule has 0 aliphatic rings. The summed E-state index contributed by atoms with van der Waals surface area (Å²) in [4.78, 5) is 12.8. The second kappa shape index (κ2) is 6.19. The summed E-state index contributed by atoms with van der Waals surface area (Å²) in [5.41, 5.74) is 0.897. The Hall–Kier alpha value is -2.90. The molecule has 2 N–H and O–H groups in total. The third-order valence-corrected chi connectivity index (χ3v) is 5.32. The van der Waals surface area contributed by atoms with Gasteiger partial charge in [-0.1, -0.05) is 15.9 Å². The van der Waals surface area contributed by atoms with Gasteiger partial charge in [0.25, 0.3) is 15.7 Å². The maximum absolute atomic E-state index is 12.5. The van der Waals surface area contributed by atoms with Gasteiger partial charge >= 0.3 is 0 Å². The number of hydrogen-bond donors (Lipinski definition) is 2. The monoisotopic (exact) mass is 420 g/mol. The molecule has 0 radical (unpaired) electrons. The van der Waals surface area contributed by atoms with Gasteiger partial charge in [-0.25, -0.2) is 8.42 Å². The van der Waals surface area contributed by atoms with Crippen molar-refractivity contribution in [3.05, 3.63) is 62.7 Å². The van der Waals surface area contributed by atoms with Crippen LogP contribution < -0.4 is 4.72 Å². The van der Waals surface area contributed by atoms with E-state index >= 15 is 0 Å². The standard InChI is InChI=1S/C15H9BrN4O4S/c16-10-5-13-9(7-17)8-18-15(13)14(6-10)19-25(23,24)12-3-1-11(2-4-12)20(21)22/h1-6,8,18-19H. The minimum atomic E-state index is -3.96. The Morgan fingerprint density at radius 1 is 1.24 bits per heavy atom. The second-order valence-electron chi connectivity index (χ2n) is 5.05. The summed E-state index contributed by atoms with van der Waals surface area (Å²) in [5, 5.41) is 20.3. The molecule has 0 aliphatic heterocycles. The van der Waals surface area contributed by atoms with E-state index in [0.29, 0.717) is 20.9 Å². The summed E-state index contributed by atoms with van der Waals surface area (Å²) in [6.45, 7) is 0. The Morgan fingerprint density at radius 2 is 1.92 bits per heavy atom. The minimum absolute atomic E-state index is 0.113. The van der Waals surface area contributed by atoms with E-state index in [0.717, 1.165) is 24.3 Å². The molecule has 8 nitrogen and oxygen atoms in total. The van der Waals surface area contributed by atoms with Crippen molar-refractivity contribution in [1.82, 2.24) is 4.98 Å². The molecule has 1 aromatic heterocycles. The Kier molecular flexibility index (Phi) is 4.20. The first-order valence-electron chi connectivity index (χ1n) is 6.80. The SMILES string of the molecule is N#Cc1c[nH]c2c(NS(=O)(=O)c3ccc([N+](=O)[O-])cc3)cc(Br)cc12. The van der Waals surface area contributed by atoms with Gasteiger partial charge in [0.1, 0.15) is 6.07 Å². The maximum Gasteiger partial charge on any atom is 0.269 e. The molecule has 3 aromatic rings. The lowest BCUT2D eigenvalue weighted by Gasteiger charge is -2.10. The van der Waals surface area contributed by atoms with Crippen molar-refractivity contribution in [3.63, 3.8) is 0 Å². The zero-order chi connectivity index (χ0) is 18.2. The fourth-order valence-electron chi connectivity index (χ4n) is 2.32. The van der Waals surface area contributed by atoms with Crippen LogP contribution in [0.1, 0.15) is 5.56 Å². The number of nitro groups is 1. The normalized spacial score (nSPS) is 11.2. The van der Waals surface area contributed by atoms with E-state index in [4.69, 9.17) is 5.26 Å². The minimum Gasteiger partial charge on any atom is -0.358 e. The van der Waals surface area contributed by atoms with E-state index in [1.54, 1.807) is 12.1 Å². The van der Waals surface area contributed by atoms with Crippen LogP contribution in [0, 0.1) is 21.4 Å². The van der Waals surface area contributed by atoms with Crippen LogP contribution in [-0.4, -0.2) is 18.3 Å². The molecule has 0 saturated heterocycles. The van der Waals surface area contributed by atoms with Crippen LogP contribution >= 0.6 is 15.9 Å². The van der Waals surface area contributed by atoms with E-state index in [1.807, 2.05) is 6.07 Å². The Bertz CT molecular complexity index is 1130. The van der Waals surface area contributed by atoms with Gasteiger partial charge < -0.3 is 4.98 Å². The zero-order valence-corrected chi connectivity index (χ0v) is 14.8. The Balaban J connectivity index is 2.04. The number of H-pyrrole nitrogens is 1. The lowest BCUT2D eigenvalue weighted by molar-refractivity contribution is -0.384. The summed E-state index contributed by atoms with van der Waals surface area (Å²) in [5.74, 6) is 0. The molecule has 126 valence electrons. The molecule has 0 fully saturated rings. The summed E-state index contributed by atoms with van der Waals surface area (Å²) in [7, 11) is -3.96. The number of sulfonamides is 1. The molecule has 2 aromatic carbocycles. The fraction of sp³-hybridized carbons (Fsp3) is 0. The predicted molar refractivity (Wildman–Crippen MR) is 94.6 cm³/mol. The highest BCUT2D eigenvalue weighted by Gasteiger charge is 2.19. The molecule has 0 atom stereocenters. The molecular weight excluding hydrogens is 412 g/mol. The van der Waals surface area contributed by atoms with E-state index in [1.165, 1.54) is 6.20 Å². The van der Waals surface area contributed by atoms with Crippen molar-refractivity contribution in [2.24, 2.45) is 0 Å². The van der Waals surface area contributed by atoms with Crippen LogP contribution in [0.25, 0.3) is 10.9 Å². The quantitative estimate of drug-likeness (QED) is 0.492. The van der Waals surface area contributed by atoms with Crippen LogP contribution in [0.5, 0.6) is 0 Å². The first-order valence-corrected chi connectivity index (χ1v) is 9.07. The molecule has 0 amide bonds. The van der Waals surface area contributed by atoms with Crippen molar-refractivity contribution in [2.75, 3.05) is 4.72 Å². The first-order chi connectivity index (χ1) is 11.8. The number of anilines is 1. The summed E-state index contributed by atoms with van der Waals surface area (Å²) in [6, 6.07) is 9.84. The number of rotatable bonds is 4. The van der Waals surface area contributed by atoms with Crippen molar-refractivity contribution in [2.45, 2.75) is 4.90 Å². The number of non-ortho nitro benzene ring substituents is 1. The van der Waals surface area contributed by atoms with Crippen molar-refractivity contribution >= 4 is 48.2 Å². The van der Waals surface area contributed by atoms with Gasteiger partial charge in [0.05, 0.1) is 26.6 Å². The summed E-state index contributed by atoms with van der Waals surface area (Å²) >= 11 is 3.29. The number of aromatic amines is 1. The number of halogens is 1. The lowest BCUT2D eigenvalue weighted by atomic mass is 10.2. The number of nitriles is 1. The second-order valence-corrected chi connectivity index (χ2v) is 7.64. The Labute approximate surface area is 150 Å². The van der Waals surface area contributed by atoms with E-state index in [2.05, 4.69) is 25.6 Å². The number of aromatic nitrogens is 1. The van der Waals surface area contributed by atoms with Gasteiger partial charge in [-0.15, -0.1) is 0 Å². The number of hydrogen-bond acceptors (Lipinski definition) is 5. The summed E-state index contributed by atoms with van der Waals surface area (Å²) < 4.78 is 28.1. The zero-order valence-electron chi connectivity index (χ0n) is 12.4. The highest BCUT2D eigenvalue weighted by molar-refractivity contribution is 9.10. The third kappa shape index (κ3) is 3.19. The molecule has 0 unspecified atom stereocenters. The van der Waals surface area contributed by atoms with Gasteiger partial charge in [-0.05, 0) is 24.3 Å². The average Bonchev–Trinajstić information content (AvgIpc) is 2.97. The number of nitro benzene ring substituents is 1. The maximum atomic E-state index is 12.5. The number of nitrogens with zero attached hydrogens (tertiary/aromatic N) is 2. The number of fused-ring (bicyclic) bond motifs is 1.